The largest absolute Gasteiger partial charge is 0.399 e. The van der Waals surface area contributed by atoms with Crippen LogP contribution in [0.25, 0.3) is 5.57 Å². The number of benzene rings is 1. The van der Waals surface area contributed by atoms with E-state index in [-0.39, 0.29) is 11.2 Å². The molecule has 1 saturated carbocycles. The zero-order chi connectivity index (χ0) is 17.9. The van der Waals surface area contributed by atoms with Gasteiger partial charge in [0.25, 0.3) is 0 Å². The predicted octanol–water partition coefficient (Wildman–Crippen LogP) is 5.35. The van der Waals surface area contributed by atoms with Crippen LogP contribution in [0, 0.1) is 23.1 Å². The van der Waals surface area contributed by atoms with Gasteiger partial charge < -0.3 is 5.73 Å². The average Bonchev–Trinajstić information content (AvgIpc) is 2.98. The Morgan fingerprint density at radius 3 is 2.92 bits per heavy atom. The first-order valence-electron chi connectivity index (χ1n) is 9.76. The Hall–Kier alpha value is -2.16. The molecular formula is C23H25FN2. The summed E-state index contributed by atoms with van der Waals surface area (Å²) < 4.78 is 13.7. The third kappa shape index (κ3) is 2.26. The maximum Gasteiger partial charge on any atom is 0.142 e. The van der Waals surface area contributed by atoms with Gasteiger partial charge in [-0.3, -0.25) is 4.98 Å². The van der Waals surface area contributed by atoms with Gasteiger partial charge in [-0.2, -0.15) is 0 Å². The fourth-order valence-electron chi connectivity index (χ4n) is 6.18. The number of nitrogens with zero attached hydrogens (tertiary/aromatic N) is 1. The van der Waals surface area contributed by atoms with Crippen LogP contribution in [0.1, 0.15) is 55.2 Å². The lowest BCUT2D eigenvalue weighted by Crippen LogP contribution is -2.40. The van der Waals surface area contributed by atoms with Crippen LogP contribution in [0.2, 0.25) is 0 Å². The van der Waals surface area contributed by atoms with Crippen molar-refractivity contribution in [2.24, 2.45) is 17.3 Å². The summed E-state index contributed by atoms with van der Waals surface area (Å²) in [6, 6.07) is 8.16. The molecule has 0 aliphatic heterocycles. The van der Waals surface area contributed by atoms with E-state index in [4.69, 9.17) is 5.73 Å². The second-order valence-electron chi connectivity index (χ2n) is 8.58. The zero-order valence-electron chi connectivity index (χ0n) is 15.2. The molecule has 0 saturated heterocycles. The van der Waals surface area contributed by atoms with Crippen LogP contribution in [-0.2, 0) is 6.42 Å². The molecule has 1 heterocycles. The minimum atomic E-state index is -0.242. The Bertz CT molecular complexity index is 903. The van der Waals surface area contributed by atoms with Crippen molar-refractivity contribution >= 4 is 11.3 Å². The van der Waals surface area contributed by atoms with Gasteiger partial charge in [0, 0.05) is 11.9 Å². The lowest BCUT2D eigenvalue weighted by Gasteiger charge is -2.50. The predicted molar refractivity (Wildman–Crippen MR) is 103 cm³/mol. The van der Waals surface area contributed by atoms with Gasteiger partial charge >= 0.3 is 0 Å². The van der Waals surface area contributed by atoms with Crippen LogP contribution in [0.5, 0.6) is 0 Å². The second kappa shape index (κ2) is 5.67. The van der Waals surface area contributed by atoms with E-state index in [0.717, 1.165) is 30.5 Å². The molecule has 134 valence electrons. The van der Waals surface area contributed by atoms with Crippen molar-refractivity contribution in [1.29, 1.82) is 0 Å². The van der Waals surface area contributed by atoms with E-state index in [0.29, 0.717) is 17.8 Å². The maximum atomic E-state index is 13.7. The van der Waals surface area contributed by atoms with Crippen LogP contribution in [0.15, 0.2) is 42.7 Å². The van der Waals surface area contributed by atoms with E-state index < -0.39 is 0 Å². The summed E-state index contributed by atoms with van der Waals surface area (Å²) in [5, 5.41) is 0. The minimum Gasteiger partial charge on any atom is -0.399 e. The molecule has 1 aromatic heterocycles. The summed E-state index contributed by atoms with van der Waals surface area (Å²) in [5.74, 6) is 1.76. The Balaban J connectivity index is 1.49. The summed E-state index contributed by atoms with van der Waals surface area (Å²) >= 11 is 0. The van der Waals surface area contributed by atoms with Gasteiger partial charge in [0.1, 0.15) is 5.82 Å². The zero-order valence-corrected chi connectivity index (χ0v) is 15.2. The molecule has 0 amide bonds. The lowest BCUT2D eigenvalue weighted by atomic mass is 9.54. The number of nitrogen functional groups attached to an aromatic ring is 1. The van der Waals surface area contributed by atoms with E-state index >= 15 is 0 Å². The van der Waals surface area contributed by atoms with Gasteiger partial charge in [-0.25, -0.2) is 4.39 Å². The van der Waals surface area contributed by atoms with Crippen molar-refractivity contribution in [3.8, 4) is 0 Å². The van der Waals surface area contributed by atoms with Gasteiger partial charge in [-0.1, -0.05) is 19.1 Å². The molecule has 2 N–H and O–H groups in total. The van der Waals surface area contributed by atoms with E-state index in [1.807, 2.05) is 6.20 Å². The molecule has 5 rings (SSSR count). The quantitative estimate of drug-likeness (QED) is 0.705. The van der Waals surface area contributed by atoms with Crippen molar-refractivity contribution in [3.63, 3.8) is 0 Å². The number of anilines is 1. The minimum absolute atomic E-state index is 0.141. The molecule has 1 aromatic carbocycles. The third-order valence-corrected chi connectivity index (χ3v) is 7.35. The number of allylic oxidation sites excluding steroid dienone is 2. The lowest BCUT2D eigenvalue weighted by molar-refractivity contribution is 0.0886. The maximum absolute atomic E-state index is 13.7. The number of aromatic nitrogens is 1. The second-order valence-corrected chi connectivity index (χ2v) is 8.58. The van der Waals surface area contributed by atoms with Gasteiger partial charge in [0.05, 0.1) is 6.20 Å². The number of rotatable bonds is 1. The standard InChI is InChI=1S/C23H25FN2/c1-23-9-8-19-18-5-3-17(25)11-14(18)2-4-20(19)22(23)7-6-21(23)15-10-16(24)13-26-12-15/h3,5-6,10-13,19-20,22H,2,4,7-9,25H2,1H3. The molecule has 3 aliphatic carbocycles. The van der Waals surface area contributed by atoms with Gasteiger partial charge in [0.2, 0.25) is 0 Å². The number of hydrogen-bond acceptors (Lipinski definition) is 2. The summed E-state index contributed by atoms with van der Waals surface area (Å²) in [7, 11) is 0. The Labute approximate surface area is 154 Å². The van der Waals surface area contributed by atoms with E-state index in [2.05, 4.69) is 36.2 Å². The molecule has 2 nitrogen and oxygen atoms in total. The first-order chi connectivity index (χ1) is 12.6. The Kier molecular flexibility index (Phi) is 3.50. The van der Waals surface area contributed by atoms with Crippen molar-refractivity contribution in [3.05, 3.63) is 65.2 Å². The number of halogens is 1. The molecule has 0 radical (unpaired) electrons. The van der Waals surface area contributed by atoms with Crippen LogP contribution in [0.4, 0.5) is 10.1 Å². The summed E-state index contributed by atoms with van der Waals surface area (Å²) in [6.45, 7) is 2.40. The van der Waals surface area contributed by atoms with Crippen molar-refractivity contribution in [1.82, 2.24) is 4.98 Å². The molecular weight excluding hydrogens is 323 g/mol. The normalized spacial score (nSPS) is 32.4. The van der Waals surface area contributed by atoms with Gasteiger partial charge in [-0.05, 0) is 95.7 Å². The fourth-order valence-corrected chi connectivity index (χ4v) is 6.18. The smallest absolute Gasteiger partial charge is 0.142 e. The van der Waals surface area contributed by atoms with Gasteiger partial charge in [0.15, 0.2) is 0 Å². The molecule has 2 aromatic rings. The van der Waals surface area contributed by atoms with Crippen LogP contribution in [0.3, 0.4) is 0 Å². The molecule has 3 heteroatoms. The van der Waals surface area contributed by atoms with Crippen LogP contribution >= 0.6 is 0 Å². The summed E-state index contributed by atoms with van der Waals surface area (Å²) in [4.78, 5) is 4.09. The van der Waals surface area contributed by atoms with E-state index in [1.165, 1.54) is 35.7 Å². The number of nitrogens with two attached hydrogens (primary N) is 1. The third-order valence-electron chi connectivity index (χ3n) is 7.35. The van der Waals surface area contributed by atoms with Crippen LogP contribution in [-0.4, -0.2) is 4.98 Å². The highest BCUT2D eigenvalue weighted by atomic mass is 19.1. The molecule has 0 spiro atoms. The molecule has 26 heavy (non-hydrogen) atoms. The van der Waals surface area contributed by atoms with Crippen LogP contribution < -0.4 is 5.73 Å². The fraction of sp³-hybridized carbons (Fsp3) is 0.435. The van der Waals surface area contributed by atoms with Crippen molar-refractivity contribution < 1.29 is 4.39 Å². The Morgan fingerprint density at radius 1 is 1.19 bits per heavy atom. The van der Waals surface area contributed by atoms with Gasteiger partial charge in [-0.15, -0.1) is 0 Å². The summed E-state index contributed by atoms with van der Waals surface area (Å²) in [5.41, 5.74) is 12.3. The Morgan fingerprint density at radius 2 is 2.08 bits per heavy atom. The first kappa shape index (κ1) is 16.0. The first-order valence-corrected chi connectivity index (χ1v) is 9.76. The highest BCUT2D eigenvalue weighted by Gasteiger charge is 2.51. The number of pyridine rings is 1. The topological polar surface area (TPSA) is 38.9 Å². The number of aryl methyl sites for hydroxylation is 1. The SMILES string of the molecule is CC12CCC3c4ccc(N)cc4CCC3C1CC=C2c1cncc(F)c1. The number of hydrogen-bond donors (Lipinski definition) is 1. The number of fused-ring (bicyclic) bond motifs is 5. The molecule has 1 fully saturated rings. The highest BCUT2D eigenvalue weighted by molar-refractivity contribution is 5.72. The van der Waals surface area contributed by atoms with Crippen molar-refractivity contribution in [2.45, 2.75) is 44.9 Å². The monoisotopic (exact) mass is 348 g/mol. The molecule has 0 bridgehead atoms. The van der Waals surface area contributed by atoms with Crippen molar-refractivity contribution in [2.75, 3.05) is 5.73 Å². The molecule has 4 atom stereocenters. The molecule has 3 aliphatic rings. The summed E-state index contributed by atoms with van der Waals surface area (Å²) in [6.07, 6.45) is 11.3. The average molecular weight is 348 g/mol. The highest BCUT2D eigenvalue weighted by Crippen LogP contribution is 2.63. The van der Waals surface area contributed by atoms with E-state index in [1.54, 1.807) is 6.07 Å². The molecule has 4 unspecified atom stereocenters. The van der Waals surface area contributed by atoms with E-state index in [9.17, 15) is 4.39 Å².